The van der Waals surface area contributed by atoms with Gasteiger partial charge in [0.15, 0.2) is 4.34 Å². The van der Waals surface area contributed by atoms with Crippen molar-refractivity contribution in [3.05, 3.63) is 35.9 Å². The van der Waals surface area contributed by atoms with Gasteiger partial charge in [0.2, 0.25) is 11.0 Å². The number of carbonyl (C=O) groups is 1. The Labute approximate surface area is 156 Å². The largest absolute Gasteiger partial charge is 0.372 e. The summed E-state index contributed by atoms with van der Waals surface area (Å²) in [7, 11) is 0. The van der Waals surface area contributed by atoms with E-state index in [-0.39, 0.29) is 18.1 Å². The molecule has 0 saturated carbocycles. The van der Waals surface area contributed by atoms with Crippen LogP contribution in [0, 0.1) is 0 Å². The van der Waals surface area contributed by atoms with Crippen LogP contribution in [0.2, 0.25) is 0 Å². The first-order valence-electron chi connectivity index (χ1n) is 8.27. The van der Waals surface area contributed by atoms with Crippen molar-refractivity contribution in [2.24, 2.45) is 0 Å². The SMILES string of the molecule is C[C@@H]1CN(C(=O)CSc2nnc(NCc3ccccc3)s2)C[C@H](C)O1. The molecule has 0 bridgehead atoms. The maximum atomic E-state index is 12.4. The summed E-state index contributed by atoms with van der Waals surface area (Å²) in [6.45, 7) is 6.02. The number of nitrogens with one attached hydrogen (secondary N) is 1. The van der Waals surface area contributed by atoms with Crippen molar-refractivity contribution < 1.29 is 9.53 Å². The number of hydrogen-bond donors (Lipinski definition) is 1. The molecule has 1 fully saturated rings. The number of nitrogens with zero attached hydrogens (tertiary/aromatic N) is 3. The molecule has 1 aliphatic heterocycles. The monoisotopic (exact) mass is 378 g/mol. The lowest BCUT2D eigenvalue weighted by atomic mass is 10.2. The highest BCUT2D eigenvalue weighted by Crippen LogP contribution is 2.26. The molecule has 1 saturated heterocycles. The van der Waals surface area contributed by atoms with Crippen molar-refractivity contribution >= 4 is 34.1 Å². The van der Waals surface area contributed by atoms with E-state index >= 15 is 0 Å². The summed E-state index contributed by atoms with van der Waals surface area (Å²) in [6, 6.07) is 10.1. The van der Waals surface area contributed by atoms with Gasteiger partial charge < -0.3 is 15.0 Å². The molecule has 0 unspecified atom stereocenters. The number of aromatic nitrogens is 2. The van der Waals surface area contributed by atoms with Gasteiger partial charge in [-0.05, 0) is 19.4 Å². The first kappa shape index (κ1) is 18.2. The van der Waals surface area contributed by atoms with E-state index in [4.69, 9.17) is 4.74 Å². The number of carbonyl (C=O) groups excluding carboxylic acids is 1. The predicted molar refractivity (Wildman–Crippen MR) is 101 cm³/mol. The van der Waals surface area contributed by atoms with Gasteiger partial charge in [-0.1, -0.05) is 53.4 Å². The molecule has 134 valence electrons. The quantitative estimate of drug-likeness (QED) is 0.780. The summed E-state index contributed by atoms with van der Waals surface area (Å²) in [6.07, 6.45) is 0.182. The highest BCUT2D eigenvalue weighted by molar-refractivity contribution is 8.01. The Morgan fingerprint density at radius 2 is 2.00 bits per heavy atom. The summed E-state index contributed by atoms with van der Waals surface area (Å²) >= 11 is 2.92. The third kappa shape index (κ3) is 5.42. The smallest absolute Gasteiger partial charge is 0.233 e. The Hall–Kier alpha value is -1.64. The second-order valence-corrected chi connectivity index (χ2v) is 8.26. The van der Waals surface area contributed by atoms with E-state index in [0.29, 0.717) is 25.4 Å². The summed E-state index contributed by atoms with van der Waals surface area (Å²) < 4.78 is 6.47. The van der Waals surface area contributed by atoms with Gasteiger partial charge >= 0.3 is 0 Å². The van der Waals surface area contributed by atoms with Gasteiger partial charge in [-0.2, -0.15) is 0 Å². The van der Waals surface area contributed by atoms with Gasteiger partial charge in [0.1, 0.15) is 0 Å². The number of thioether (sulfide) groups is 1. The molecule has 2 heterocycles. The molecule has 6 nitrogen and oxygen atoms in total. The normalized spacial score (nSPS) is 20.5. The summed E-state index contributed by atoms with van der Waals surface area (Å²) in [4.78, 5) is 14.2. The van der Waals surface area contributed by atoms with Crippen LogP contribution in [-0.2, 0) is 16.1 Å². The molecule has 3 rings (SSSR count). The lowest BCUT2D eigenvalue weighted by Crippen LogP contribution is -2.48. The molecule has 1 amide bonds. The van der Waals surface area contributed by atoms with Gasteiger partial charge in [0.25, 0.3) is 0 Å². The molecule has 25 heavy (non-hydrogen) atoms. The van der Waals surface area contributed by atoms with E-state index < -0.39 is 0 Å². The van der Waals surface area contributed by atoms with E-state index in [2.05, 4.69) is 27.6 Å². The zero-order valence-electron chi connectivity index (χ0n) is 14.3. The Bertz CT molecular complexity index is 685. The van der Waals surface area contributed by atoms with Crippen LogP contribution in [0.4, 0.5) is 5.13 Å². The maximum absolute atomic E-state index is 12.4. The third-order valence-electron chi connectivity index (χ3n) is 3.78. The van der Waals surface area contributed by atoms with Crippen LogP contribution in [0.5, 0.6) is 0 Å². The molecule has 1 N–H and O–H groups in total. The molecule has 0 spiro atoms. The van der Waals surface area contributed by atoms with Gasteiger partial charge in [-0.25, -0.2) is 0 Å². The fourth-order valence-electron chi connectivity index (χ4n) is 2.71. The average molecular weight is 379 g/mol. The number of benzene rings is 1. The van der Waals surface area contributed by atoms with Crippen LogP contribution in [-0.4, -0.2) is 52.1 Å². The Balaban J connectivity index is 1.46. The first-order valence-corrected chi connectivity index (χ1v) is 10.1. The molecule has 1 aromatic heterocycles. The molecular formula is C17H22N4O2S2. The van der Waals surface area contributed by atoms with Gasteiger partial charge in [0.05, 0.1) is 18.0 Å². The minimum absolute atomic E-state index is 0.0908. The summed E-state index contributed by atoms with van der Waals surface area (Å²) in [5, 5.41) is 12.3. The molecule has 0 radical (unpaired) electrons. The number of amides is 1. The maximum Gasteiger partial charge on any atom is 0.233 e. The lowest BCUT2D eigenvalue weighted by Gasteiger charge is -2.35. The topological polar surface area (TPSA) is 67.4 Å². The first-order chi connectivity index (χ1) is 12.1. The van der Waals surface area contributed by atoms with Gasteiger partial charge in [0, 0.05) is 19.6 Å². The van der Waals surface area contributed by atoms with Crippen LogP contribution >= 0.6 is 23.1 Å². The number of ether oxygens (including phenoxy) is 1. The molecule has 2 atom stereocenters. The van der Waals surface area contributed by atoms with Gasteiger partial charge in [-0.3, -0.25) is 4.79 Å². The second kappa shape index (κ2) is 8.64. The van der Waals surface area contributed by atoms with Crippen molar-refractivity contribution in [3.8, 4) is 0 Å². The van der Waals surface area contributed by atoms with E-state index in [9.17, 15) is 4.79 Å². The molecule has 1 aliphatic rings. The van der Waals surface area contributed by atoms with Crippen molar-refractivity contribution in [3.63, 3.8) is 0 Å². The number of morpholine rings is 1. The standard InChI is InChI=1S/C17H22N4O2S2/c1-12-9-21(10-13(2)23-12)15(22)11-24-17-20-19-16(25-17)18-8-14-6-4-3-5-7-14/h3-7,12-13H,8-11H2,1-2H3,(H,18,19)/t12-,13+. The van der Waals surface area contributed by atoms with E-state index in [1.807, 2.05) is 36.9 Å². The molecular weight excluding hydrogens is 356 g/mol. The Morgan fingerprint density at radius 1 is 1.28 bits per heavy atom. The minimum Gasteiger partial charge on any atom is -0.372 e. The lowest BCUT2D eigenvalue weighted by molar-refractivity contribution is -0.140. The van der Waals surface area contributed by atoms with Crippen LogP contribution in [0.15, 0.2) is 34.7 Å². The predicted octanol–water partition coefficient (Wildman–Crippen LogP) is 2.88. The highest BCUT2D eigenvalue weighted by atomic mass is 32.2. The Morgan fingerprint density at radius 3 is 2.72 bits per heavy atom. The van der Waals surface area contributed by atoms with E-state index in [0.717, 1.165) is 9.47 Å². The van der Waals surface area contributed by atoms with Crippen LogP contribution < -0.4 is 5.32 Å². The number of anilines is 1. The van der Waals surface area contributed by atoms with Crippen LogP contribution in [0.25, 0.3) is 0 Å². The van der Waals surface area contributed by atoms with Crippen LogP contribution in [0.3, 0.4) is 0 Å². The van der Waals surface area contributed by atoms with Gasteiger partial charge in [-0.15, -0.1) is 10.2 Å². The highest BCUT2D eigenvalue weighted by Gasteiger charge is 2.25. The van der Waals surface area contributed by atoms with Crippen LogP contribution in [0.1, 0.15) is 19.4 Å². The fraction of sp³-hybridized carbons (Fsp3) is 0.471. The second-order valence-electron chi connectivity index (χ2n) is 6.06. The zero-order valence-corrected chi connectivity index (χ0v) is 16.0. The summed E-state index contributed by atoms with van der Waals surface area (Å²) in [5.41, 5.74) is 1.19. The molecule has 8 heteroatoms. The van der Waals surface area contributed by atoms with Crippen molar-refractivity contribution in [1.82, 2.24) is 15.1 Å². The molecule has 2 aromatic rings. The number of rotatable bonds is 6. The van der Waals surface area contributed by atoms with E-state index in [1.165, 1.54) is 28.7 Å². The van der Waals surface area contributed by atoms with Crippen molar-refractivity contribution in [2.45, 2.75) is 36.9 Å². The minimum atomic E-state index is 0.0908. The fourth-order valence-corrected chi connectivity index (χ4v) is 4.36. The zero-order chi connectivity index (χ0) is 17.6. The summed E-state index contributed by atoms with van der Waals surface area (Å²) in [5.74, 6) is 0.508. The third-order valence-corrected chi connectivity index (χ3v) is 5.78. The number of hydrogen-bond acceptors (Lipinski definition) is 7. The van der Waals surface area contributed by atoms with Crippen molar-refractivity contribution in [2.75, 3.05) is 24.2 Å². The van der Waals surface area contributed by atoms with Crippen molar-refractivity contribution in [1.29, 1.82) is 0 Å². The Kier molecular flexibility index (Phi) is 6.28. The average Bonchev–Trinajstić information content (AvgIpc) is 3.06. The van der Waals surface area contributed by atoms with E-state index in [1.54, 1.807) is 0 Å². The molecule has 0 aliphatic carbocycles. The molecule has 1 aromatic carbocycles.